The number of aryl methyl sites for hydroxylation is 1. The summed E-state index contributed by atoms with van der Waals surface area (Å²) in [6, 6.07) is 11.1. The number of rotatable bonds is 3. The normalized spacial score (nSPS) is 14.4. The first kappa shape index (κ1) is 17.0. The molecule has 0 spiro atoms. The standard InChI is InChI=1S/C19H19N5O3/c1-14-4-6-15(7-5-14)24-13-20-17(21-24)19(26)23-10-8-22(9-11-23)18(25)16-3-2-12-27-16/h2-7,12-13H,8-11H2,1H3. The lowest BCUT2D eigenvalue weighted by molar-refractivity contribution is 0.0512. The first-order valence-corrected chi connectivity index (χ1v) is 8.72. The molecule has 3 aromatic rings. The van der Waals surface area contributed by atoms with Crippen LogP contribution in [0.4, 0.5) is 0 Å². The van der Waals surface area contributed by atoms with Crippen molar-refractivity contribution in [3.63, 3.8) is 0 Å². The molecule has 27 heavy (non-hydrogen) atoms. The lowest BCUT2D eigenvalue weighted by Crippen LogP contribution is -2.50. The van der Waals surface area contributed by atoms with Crippen LogP contribution < -0.4 is 0 Å². The van der Waals surface area contributed by atoms with Gasteiger partial charge >= 0.3 is 0 Å². The van der Waals surface area contributed by atoms with Crippen molar-refractivity contribution in [3.05, 3.63) is 66.1 Å². The predicted molar refractivity (Wildman–Crippen MR) is 96.6 cm³/mol. The van der Waals surface area contributed by atoms with Gasteiger partial charge in [-0.1, -0.05) is 17.7 Å². The van der Waals surface area contributed by atoms with Crippen LogP contribution in [0.1, 0.15) is 26.7 Å². The van der Waals surface area contributed by atoms with E-state index in [1.54, 1.807) is 26.6 Å². The third-order valence-corrected chi connectivity index (χ3v) is 4.57. The van der Waals surface area contributed by atoms with E-state index in [1.807, 2.05) is 31.2 Å². The highest BCUT2D eigenvalue weighted by atomic mass is 16.3. The topological polar surface area (TPSA) is 84.5 Å². The van der Waals surface area contributed by atoms with Crippen LogP contribution >= 0.6 is 0 Å². The summed E-state index contributed by atoms with van der Waals surface area (Å²) in [6.07, 6.45) is 3.01. The molecule has 0 aliphatic carbocycles. The number of carbonyl (C=O) groups excluding carboxylic acids is 2. The monoisotopic (exact) mass is 365 g/mol. The molecule has 3 heterocycles. The fraction of sp³-hybridized carbons (Fsp3) is 0.263. The zero-order valence-corrected chi connectivity index (χ0v) is 14.9. The number of nitrogens with zero attached hydrogens (tertiary/aromatic N) is 5. The van der Waals surface area contributed by atoms with Crippen LogP contribution in [0.2, 0.25) is 0 Å². The van der Waals surface area contributed by atoms with Crippen LogP contribution in [0.25, 0.3) is 5.69 Å². The maximum atomic E-state index is 12.7. The first-order valence-electron chi connectivity index (χ1n) is 8.72. The van der Waals surface area contributed by atoms with Crippen molar-refractivity contribution in [3.8, 4) is 5.69 Å². The molecular formula is C19H19N5O3. The van der Waals surface area contributed by atoms with E-state index >= 15 is 0 Å². The predicted octanol–water partition coefficient (Wildman–Crippen LogP) is 1.77. The Kier molecular flexibility index (Phi) is 4.45. The number of aromatic nitrogens is 3. The summed E-state index contributed by atoms with van der Waals surface area (Å²) < 4.78 is 6.74. The van der Waals surface area contributed by atoms with Gasteiger partial charge in [-0.2, -0.15) is 0 Å². The molecule has 1 saturated heterocycles. The number of benzene rings is 1. The highest BCUT2D eigenvalue weighted by Gasteiger charge is 2.28. The van der Waals surface area contributed by atoms with Gasteiger partial charge < -0.3 is 14.2 Å². The van der Waals surface area contributed by atoms with E-state index in [0.717, 1.165) is 11.3 Å². The van der Waals surface area contributed by atoms with E-state index in [9.17, 15) is 9.59 Å². The summed E-state index contributed by atoms with van der Waals surface area (Å²) in [4.78, 5) is 32.5. The number of hydrogen-bond donors (Lipinski definition) is 0. The number of piperazine rings is 1. The molecule has 1 aromatic carbocycles. The smallest absolute Gasteiger partial charge is 0.293 e. The van der Waals surface area contributed by atoms with Crippen molar-refractivity contribution in [2.24, 2.45) is 0 Å². The number of furan rings is 1. The molecule has 0 atom stereocenters. The SMILES string of the molecule is Cc1ccc(-n2cnc(C(=O)N3CCN(C(=O)c4ccco4)CC3)n2)cc1. The minimum atomic E-state index is -0.231. The Morgan fingerprint density at radius 2 is 1.63 bits per heavy atom. The highest BCUT2D eigenvalue weighted by Crippen LogP contribution is 2.12. The molecule has 0 saturated carbocycles. The summed E-state index contributed by atoms with van der Waals surface area (Å²) in [5.74, 6) is 0.0782. The first-order chi connectivity index (χ1) is 13.1. The number of amides is 2. The van der Waals surface area contributed by atoms with Gasteiger partial charge in [-0.05, 0) is 31.2 Å². The van der Waals surface area contributed by atoms with E-state index in [2.05, 4.69) is 10.1 Å². The molecule has 0 unspecified atom stereocenters. The lowest BCUT2D eigenvalue weighted by Gasteiger charge is -2.33. The highest BCUT2D eigenvalue weighted by molar-refractivity contribution is 5.92. The minimum absolute atomic E-state index is 0.154. The van der Waals surface area contributed by atoms with Crippen LogP contribution in [-0.4, -0.2) is 62.6 Å². The Morgan fingerprint density at radius 3 is 2.26 bits per heavy atom. The molecule has 0 radical (unpaired) electrons. The van der Waals surface area contributed by atoms with E-state index in [-0.39, 0.29) is 17.6 Å². The average molecular weight is 365 g/mol. The van der Waals surface area contributed by atoms with Crippen molar-refractivity contribution >= 4 is 11.8 Å². The second-order valence-electron chi connectivity index (χ2n) is 6.41. The van der Waals surface area contributed by atoms with Crippen molar-refractivity contribution in [1.82, 2.24) is 24.6 Å². The molecule has 1 aliphatic rings. The van der Waals surface area contributed by atoms with Crippen molar-refractivity contribution in [1.29, 1.82) is 0 Å². The zero-order valence-electron chi connectivity index (χ0n) is 14.9. The molecular weight excluding hydrogens is 346 g/mol. The molecule has 0 N–H and O–H groups in total. The molecule has 8 nitrogen and oxygen atoms in total. The van der Waals surface area contributed by atoms with Crippen LogP contribution in [0.5, 0.6) is 0 Å². The largest absolute Gasteiger partial charge is 0.459 e. The quantitative estimate of drug-likeness (QED) is 0.706. The van der Waals surface area contributed by atoms with Gasteiger partial charge in [0.25, 0.3) is 11.8 Å². The van der Waals surface area contributed by atoms with Gasteiger partial charge in [0, 0.05) is 26.2 Å². The minimum Gasteiger partial charge on any atom is -0.459 e. The maximum absolute atomic E-state index is 12.7. The summed E-state index contributed by atoms with van der Waals surface area (Å²) in [7, 11) is 0. The Labute approximate surface area is 156 Å². The molecule has 0 bridgehead atoms. The molecule has 4 rings (SSSR count). The van der Waals surface area contributed by atoms with Crippen LogP contribution in [0.15, 0.2) is 53.4 Å². The molecule has 8 heteroatoms. The summed E-state index contributed by atoms with van der Waals surface area (Å²) in [5, 5.41) is 4.30. The van der Waals surface area contributed by atoms with Crippen molar-refractivity contribution in [2.75, 3.05) is 26.2 Å². The third-order valence-electron chi connectivity index (χ3n) is 4.57. The van der Waals surface area contributed by atoms with E-state index in [1.165, 1.54) is 12.6 Å². The van der Waals surface area contributed by atoms with Crippen LogP contribution in [0.3, 0.4) is 0 Å². The molecule has 1 fully saturated rings. The van der Waals surface area contributed by atoms with Crippen LogP contribution in [0, 0.1) is 6.92 Å². The number of carbonyl (C=O) groups is 2. The van der Waals surface area contributed by atoms with Gasteiger partial charge in [-0.15, -0.1) is 5.10 Å². The third kappa shape index (κ3) is 3.46. The summed E-state index contributed by atoms with van der Waals surface area (Å²) in [6.45, 7) is 3.78. The molecule has 2 amide bonds. The fourth-order valence-corrected chi connectivity index (χ4v) is 2.99. The molecule has 2 aromatic heterocycles. The summed E-state index contributed by atoms with van der Waals surface area (Å²) in [5.41, 5.74) is 2.00. The van der Waals surface area contributed by atoms with Crippen molar-refractivity contribution in [2.45, 2.75) is 6.92 Å². The van der Waals surface area contributed by atoms with Gasteiger partial charge in [-0.3, -0.25) is 9.59 Å². The maximum Gasteiger partial charge on any atom is 0.293 e. The number of hydrogen-bond acceptors (Lipinski definition) is 5. The summed E-state index contributed by atoms with van der Waals surface area (Å²) >= 11 is 0. The molecule has 1 aliphatic heterocycles. The second-order valence-corrected chi connectivity index (χ2v) is 6.41. The van der Waals surface area contributed by atoms with Gasteiger partial charge in [0.05, 0.1) is 12.0 Å². The van der Waals surface area contributed by atoms with Gasteiger partial charge in [0.15, 0.2) is 5.76 Å². The second kappa shape index (κ2) is 7.06. The van der Waals surface area contributed by atoms with Gasteiger partial charge in [0.2, 0.25) is 5.82 Å². The van der Waals surface area contributed by atoms with Gasteiger partial charge in [-0.25, -0.2) is 9.67 Å². The van der Waals surface area contributed by atoms with Crippen LogP contribution in [-0.2, 0) is 0 Å². The Morgan fingerprint density at radius 1 is 0.963 bits per heavy atom. The Balaban J connectivity index is 1.40. The van der Waals surface area contributed by atoms with Crippen molar-refractivity contribution < 1.29 is 14.0 Å². The van der Waals surface area contributed by atoms with E-state index < -0.39 is 0 Å². The lowest BCUT2D eigenvalue weighted by atomic mass is 10.2. The van der Waals surface area contributed by atoms with Gasteiger partial charge in [0.1, 0.15) is 6.33 Å². The Hall–Kier alpha value is -3.42. The Bertz CT molecular complexity index is 938. The average Bonchev–Trinajstić information content (AvgIpc) is 3.40. The van der Waals surface area contributed by atoms with E-state index in [0.29, 0.717) is 31.9 Å². The zero-order chi connectivity index (χ0) is 18.8. The van der Waals surface area contributed by atoms with E-state index in [4.69, 9.17) is 4.42 Å². The fourth-order valence-electron chi connectivity index (χ4n) is 2.99. The molecule has 138 valence electrons.